The van der Waals surface area contributed by atoms with Crippen molar-refractivity contribution in [1.82, 2.24) is 20.4 Å². The third-order valence-corrected chi connectivity index (χ3v) is 3.97. The molecule has 1 amide bonds. The van der Waals surface area contributed by atoms with Crippen LogP contribution in [0.5, 0.6) is 0 Å². The van der Waals surface area contributed by atoms with E-state index in [0.29, 0.717) is 17.4 Å². The fourth-order valence-corrected chi connectivity index (χ4v) is 2.89. The SMILES string of the molecule is CNCC1CCCN(C(=O)c2cc(-c3cccnc3)on2)C1.Cl.Cl. The summed E-state index contributed by atoms with van der Waals surface area (Å²) >= 11 is 0. The second kappa shape index (κ2) is 9.61. The summed E-state index contributed by atoms with van der Waals surface area (Å²) in [6.45, 7) is 2.49. The van der Waals surface area contributed by atoms with E-state index in [1.54, 1.807) is 18.5 Å². The zero-order valence-corrected chi connectivity index (χ0v) is 15.1. The molecule has 3 heterocycles. The maximum absolute atomic E-state index is 12.6. The summed E-state index contributed by atoms with van der Waals surface area (Å²) in [4.78, 5) is 18.5. The maximum Gasteiger partial charge on any atom is 0.276 e. The van der Waals surface area contributed by atoms with E-state index < -0.39 is 0 Å². The Balaban J connectivity index is 0.00000144. The lowest BCUT2D eigenvalue weighted by Gasteiger charge is -2.32. The van der Waals surface area contributed by atoms with Gasteiger partial charge in [0.05, 0.1) is 0 Å². The number of carbonyl (C=O) groups excluding carboxylic acids is 1. The first-order chi connectivity index (χ1) is 10.8. The minimum atomic E-state index is -0.0558. The molecule has 1 saturated heterocycles. The van der Waals surface area contributed by atoms with Gasteiger partial charge in [-0.15, -0.1) is 24.8 Å². The van der Waals surface area contributed by atoms with Crippen LogP contribution in [0.25, 0.3) is 11.3 Å². The molecule has 6 nitrogen and oxygen atoms in total. The van der Waals surface area contributed by atoms with Gasteiger partial charge in [0.15, 0.2) is 11.5 Å². The summed E-state index contributed by atoms with van der Waals surface area (Å²) in [7, 11) is 1.94. The van der Waals surface area contributed by atoms with E-state index in [1.165, 1.54) is 0 Å². The molecule has 24 heavy (non-hydrogen) atoms. The van der Waals surface area contributed by atoms with E-state index in [0.717, 1.165) is 38.0 Å². The van der Waals surface area contributed by atoms with Crippen LogP contribution in [0.3, 0.4) is 0 Å². The highest BCUT2D eigenvalue weighted by molar-refractivity contribution is 5.93. The van der Waals surface area contributed by atoms with Crippen molar-refractivity contribution in [3.63, 3.8) is 0 Å². The molecule has 1 aliphatic heterocycles. The van der Waals surface area contributed by atoms with E-state index in [4.69, 9.17) is 4.52 Å². The van der Waals surface area contributed by atoms with Gasteiger partial charge in [-0.3, -0.25) is 9.78 Å². The Morgan fingerprint density at radius 1 is 1.46 bits per heavy atom. The average Bonchev–Trinajstić information content (AvgIpc) is 3.05. The van der Waals surface area contributed by atoms with Crippen LogP contribution < -0.4 is 5.32 Å². The number of pyridine rings is 1. The number of likely N-dealkylation sites (tertiary alicyclic amines) is 1. The number of carbonyl (C=O) groups is 1. The van der Waals surface area contributed by atoms with Crippen LogP contribution in [0.2, 0.25) is 0 Å². The van der Waals surface area contributed by atoms with Gasteiger partial charge in [-0.25, -0.2) is 0 Å². The highest BCUT2D eigenvalue weighted by Crippen LogP contribution is 2.22. The van der Waals surface area contributed by atoms with Crippen LogP contribution in [0.4, 0.5) is 0 Å². The monoisotopic (exact) mass is 372 g/mol. The zero-order valence-electron chi connectivity index (χ0n) is 13.5. The first-order valence-electron chi connectivity index (χ1n) is 7.59. The summed E-state index contributed by atoms with van der Waals surface area (Å²) in [6, 6.07) is 5.40. The molecule has 0 spiro atoms. The Hall–Kier alpha value is -1.63. The first-order valence-corrected chi connectivity index (χ1v) is 7.59. The summed E-state index contributed by atoms with van der Waals surface area (Å²) in [5.41, 5.74) is 1.18. The maximum atomic E-state index is 12.6. The van der Waals surface area contributed by atoms with Gasteiger partial charge in [-0.05, 0) is 44.5 Å². The van der Waals surface area contributed by atoms with Gasteiger partial charge in [0.2, 0.25) is 0 Å². The van der Waals surface area contributed by atoms with Gasteiger partial charge < -0.3 is 14.7 Å². The molecule has 0 radical (unpaired) electrons. The predicted molar refractivity (Wildman–Crippen MR) is 96.8 cm³/mol. The van der Waals surface area contributed by atoms with Crippen molar-refractivity contribution in [2.24, 2.45) is 5.92 Å². The zero-order chi connectivity index (χ0) is 15.4. The fourth-order valence-electron chi connectivity index (χ4n) is 2.89. The summed E-state index contributed by atoms with van der Waals surface area (Å²) in [5, 5.41) is 7.11. The second-order valence-corrected chi connectivity index (χ2v) is 5.64. The largest absolute Gasteiger partial charge is 0.355 e. The van der Waals surface area contributed by atoms with Crippen LogP contribution in [0.1, 0.15) is 23.3 Å². The number of halogens is 2. The molecular weight excluding hydrogens is 351 g/mol. The van der Waals surface area contributed by atoms with Crippen molar-refractivity contribution < 1.29 is 9.32 Å². The van der Waals surface area contributed by atoms with Crippen molar-refractivity contribution in [2.75, 3.05) is 26.7 Å². The number of nitrogens with one attached hydrogen (secondary N) is 1. The molecule has 1 aliphatic rings. The lowest BCUT2D eigenvalue weighted by atomic mass is 9.98. The Kier molecular flexibility index (Phi) is 8.18. The molecule has 1 atom stereocenters. The molecule has 3 rings (SSSR count). The number of hydrogen-bond donors (Lipinski definition) is 1. The third-order valence-electron chi connectivity index (χ3n) is 3.97. The molecule has 1 N–H and O–H groups in total. The third kappa shape index (κ3) is 4.69. The lowest BCUT2D eigenvalue weighted by molar-refractivity contribution is 0.0664. The van der Waals surface area contributed by atoms with Crippen molar-refractivity contribution in [3.8, 4) is 11.3 Å². The molecule has 132 valence electrons. The predicted octanol–water partition coefficient (Wildman–Crippen LogP) is 2.65. The summed E-state index contributed by atoms with van der Waals surface area (Å²) in [5.74, 6) is 1.02. The number of amides is 1. The molecule has 0 aliphatic carbocycles. The molecule has 1 fully saturated rings. The van der Waals surface area contributed by atoms with Gasteiger partial charge in [-0.1, -0.05) is 5.16 Å². The highest BCUT2D eigenvalue weighted by Gasteiger charge is 2.26. The average molecular weight is 373 g/mol. The second-order valence-electron chi connectivity index (χ2n) is 5.64. The van der Waals surface area contributed by atoms with Crippen molar-refractivity contribution in [2.45, 2.75) is 12.8 Å². The smallest absolute Gasteiger partial charge is 0.276 e. The van der Waals surface area contributed by atoms with E-state index in [1.807, 2.05) is 24.1 Å². The summed E-state index contributed by atoms with van der Waals surface area (Å²) in [6.07, 6.45) is 5.58. The lowest BCUT2D eigenvalue weighted by Crippen LogP contribution is -2.42. The van der Waals surface area contributed by atoms with E-state index in [2.05, 4.69) is 15.5 Å². The van der Waals surface area contributed by atoms with E-state index >= 15 is 0 Å². The number of hydrogen-bond acceptors (Lipinski definition) is 5. The van der Waals surface area contributed by atoms with Crippen LogP contribution >= 0.6 is 24.8 Å². The molecule has 8 heteroatoms. The molecule has 2 aromatic heterocycles. The molecule has 2 aromatic rings. The van der Waals surface area contributed by atoms with Crippen LogP contribution in [0.15, 0.2) is 35.1 Å². The molecule has 1 unspecified atom stereocenters. The Labute approximate surface area is 153 Å². The number of nitrogens with zero attached hydrogens (tertiary/aromatic N) is 3. The van der Waals surface area contributed by atoms with Gasteiger partial charge in [0, 0.05) is 37.1 Å². The van der Waals surface area contributed by atoms with Crippen LogP contribution in [0, 0.1) is 5.92 Å². The molecule has 0 aromatic carbocycles. The number of rotatable bonds is 4. The number of aromatic nitrogens is 2. The minimum Gasteiger partial charge on any atom is -0.355 e. The molecular formula is C16H22Cl2N4O2. The topological polar surface area (TPSA) is 71.3 Å². The van der Waals surface area contributed by atoms with Gasteiger partial charge in [0.25, 0.3) is 5.91 Å². The Morgan fingerprint density at radius 3 is 3.00 bits per heavy atom. The molecule has 0 saturated carbocycles. The summed E-state index contributed by atoms with van der Waals surface area (Å²) < 4.78 is 5.29. The standard InChI is InChI=1S/C16H20N4O2.2ClH/c1-17-9-12-4-3-7-20(11-12)16(21)14-8-15(22-19-14)13-5-2-6-18-10-13;;/h2,5-6,8,10,12,17H,3-4,7,9,11H2,1H3;2*1H. The molecule has 0 bridgehead atoms. The Morgan fingerprint density at radius 2 is 2.29 bits per heavy atom. The van der Waals surface area contributed by atoms with Crippen LogP contribution in [-0.4, -0.2) is 47.6 Å². The van der Waals surface area contributed by atoms with Gasteiger partial charge in [-0.2, -0.15) is 0 Å². The van der Waals surface area contributed by atoms with E-state index in [9.17, 15) is 4.79 Å². The van der Waals surface area contributed by atoms with Gasteiger partial charge in [0.1, 0.15) is 0 Å². The van der Waals surface area contributed by atoms with Gasteiger partial charge >= 0.3 is 0 Å². The Bertz CT molecular complexity index is 634. The number of piperidine rings is 1. The highest BCUT2D eigenvalue weighted by atomic mass is 35.5. The first kappa shape index (κ1) is 20.4. The quantitative estimate of drug-likeness (QED) is 0.892. The van der Waals surface area contributed by atoms with Crippen molar-refractivity contribution in [3.05, 3.63) is 36.3 Å². The van der Waals surface area contributed by atoms with Crippen LogP contribution in [-0.2, 0) is 0 Å². The van der Waals surface area contributed by atoms with Crippen molar-refractivity contribution >= 4 is 30.7 Å². The minimum absolute atomic E-state index is 0. The van der Waals surface area contributed by atoms with E-state index in [-0.39, 0.29) is 30.7 Å². The normalized spacial score (nSPS) is 16.9. The fraction of sp³-hybridized carbons (Fsp3) is 0.438. The van der Waals surface area contributed by atoms with Crippen molar-refractivity contribution in [1.29, 1.82) is 0 Å².